The summed E-state index contributed by atoms with van der Waals surface area (Å²) in [7, 11) is -0.221. The van der Waals surface area contributed by atoms with Crippen molar-refractivity contribution in [3.05, 3.63) is 75.6 Å². The second-order valence-electron chi connectivity index (χ2n) is 11.9. The number of carboxylic acid groups (broad SMARTS) is 1. The molecule has 3 aromatic rings. The molecule has 17 nitrogen and oxygen atoms in total. The number of nitrogens with one attached hydrogen (secondary N) is 2. The molecular formula is C31H30BClF2N6O11. The number of aromatic carboxylic acids is 1. The molecule has 5 amide bonds. The second kappa shape index (κ2) is 15.3. The number of carbonyl (C=O) groups excluding carboxylic acids is 4. The number of nitrogens with zero attached hydrogens (tertiary/aromatic N) is 4. The molecule has 5 rings (SSSR count). The zero-order chi connectivity index (χ0) is 38.0. The third-order valence-corrected chi connectivity index (χ3v) is 8.72. The normalized spacial score (nSPS) is 16.3. The Balaban J connectivity index is 1.31. The van der Waals surface area contributed by atoms with E-state index in [1.54, 1.807) is 13.2 Å². The fraction of sp³-hybridized carbons (Fsp3) is 0.290. The first kappa shape index (κ1) is 37.5. The number of imide groups is 1. The van der Waals surface area contributed by atoms with Crippen molar-refractivity contribution in [2.45, 2.75) is 24.9 Å². The Morgan fingerprint density at radius 2 is 1.83 bits per heavy atom. The number of carbonyl (C=O) groups is 5. The van der Waals surface area contributed by atoms with Crippen LogP contribution in [0.4, 0.5) is 13.6 Å². The summed E-state index contributed by atoms with van der Waals surface area (Å²) in [6.07, 6.45) is 2.51. The lowest BCUT2D eigenvalue weighted by Crippen LogP contribution is -2.60. The third kappa shape index (κ3) is 7.77. The lowest BCUT2D eigenvalue weighted by atomic mass is 9.72. The maximum Gasteiger partial charge on any atom is 0.547 e. The van der Waals surface area contributed by atoms with Gasteiger partial charge in [-0.05, 0) is 42.8 Å². The molecule has 2 atom stereocenters. The van der Waals surface area contributed by atoms with Gasteiger partial charge in [-0.2, -0.15) is 0 Å². The molecule has 3 heterocycles. The first-order valence-corrected chi connectivity index (χ1v) is 15.8. The van der Waals surface area contributed by atoms with Crippen molar-refractivity contribution in [3.8, 4) is 23.0 Å². The van der Waals surface area contributed by atoms with E-state index < -0.39 is 93.9 Å². The fourth-order valence-corrected chi connectivity index (χ4v) is 5.92. The highest BCUT2D eigenvalue weighted by molar-refractivity contribution is 6.47. The van der Waals surface area contributed by atoms with Gasteiger partial charge in [0.15, 0.2) is 17.3 Å². The lowest BCUT2D eigenvalue weighted by Gasteiger charge is -2.34. The van der Waals surface area contributed by atoms with E-state index in [0.29, 0.717) is 29.6 Å². The van der Waals surface area contributed by atoms with Crippen molar-refractivity contribution in [2.24, 2.45) is 0 Å². The highest BCUT2D eigenvalue weighted by atomic mass is 35.5. The Morgan fingerprint density at radius 3 is 2.52 bits per heavy atom. The molecule has 0 bridgehead atoms. The maximum absolute atomic E-state index is 14.6. The highest BCUT2D eigenvalue weighted by Gasteiger charge is 2.42. The number of pyridine rings is 1. The van der Waals surface area contributed by atoms with E-state index in [9.17, 15) is 58.2 Å². The minimum atomic E-state index is -2.04. The summed E-state index contributed by atoms with van der Waals surface area (Å²) in [4.78, 5) is 72.2. The highest BCUT2D eigenvalue weighted by Crippen LogP contribution is 2.40. The van der Waals surface area contributed by atoms with Crippen molar-refractivity contribution >= 4 is 48.4 Å². The summed E-state index contributed by atoms with van der Waals surface area (Å²) >= 11 is 6.13. The quantitative estimate of drug-likeness (QED) is 0.0852. The molecule has 1 unspecified atom stereocenters. The Kier molecular flexibility index (Phi) is 11.0. The molecular weight excluding hydrogens is 717 g/mol. The molecule has 2 aromatic carbocycles. The van der Waals surface area contributed by atoms with Crippen LogP contribution < -0.4 is 15.3 Å². The number of rotatable bonds is 10. The van der Waals surface area contributed by atoms with Crippen molar-refractivity contribution in [3.63, 3.8) is 0 Å². The molecule has 21 heteroatoms. The Morgan fingerprint density at radius 1 is 1.10 bits per heavy atom. The van der Waals surface area contributed by atoms with Crippen molar-refractivity contribution in [1.29, 1.82) is 0 Å². The van der Waals surface area contributed by atoms with E-state index in [-0.39, 0.29) is 37.4 Å². The van der Waals surface area contributed by atoms with E-state index in [1.807, 2.05) is 4.90 Å². The summed E-state index contributed by atoms with van der Waals surface area (Å²) in [6, 6.07) is 0.715. The first-order chi connectivity index (χ1) is 24.6. The molecule has 7 N–H and O–H groups in total. The number of urea groups is 1. The molecule has 1 fully saturated rings. The summed E-state index contributed by atoms with van der Waals surface area (Å²) in [5.41, 5.74) is -0.689. The van der Waals surface area contributed by atoms with Crippen molar-refractivity contribution in [1.82, 2.24) is 30.3 Å². The van der Waals surface area contributed by atoms with Gasteiger partial charge < -0.3 is 50.5 Å². The summed E-state index contributed by atoms with van der Waals surface area (Å²) in [5, 5.41) is 53.4. The number of halogens is 3. The largest absolute Gasteiger partial charge is 0.547 e. The number of aromatic nitrogens is 1. The number of phenols is 2. The van der Waals surface area contributed by atoms with Gasteiger partial charge >= 0.3 is 30.9 Å². The van der Waals surface area contributed by atoms with Crippen molar-refractivity contribution in [2.75, 3.05) is 33.2 Å². The van der Waals surface area contributed by atoms with Crippen LogP contribution in [0.2, 0.25) is 5.02 Å². The minimum Gasteiger partial charge on any atom is -0.534 e. The predicted octanol–water partition coefficient (Wildman–Crippen LogP) is 0.521. The molecule has 2 aliphatic heterocycles. The lowest BCUT2D eigenvalue weighted by molar-refractivity contribution is -0.153. The van der Waals surface area contributed by atoms with Crippen LogP contribution in [-0.2, 0) is 27.3 Å². The van der Waals surface area contributed by atoms with Crippen molar-refractivity contribution < 1.29 is 62.9 Å². The van der Waals surface area contributed by atoms with E-state index in [2.05, 4.69) is 15.6 Å². The van der Waals surface area contributed by atoms with Crippen LogP contribution in [0.3, 0.4) is 0 Å². The number of likely N-dealkylation sites (N-methyl/N-ethyl adjacent to an activating group) is 1. The topological polar surface area (TPSA) is 242 Å². The predicted molar refractivity (Wildman–Crippen MR) is 174 cm³/mol. The summed E-state index contributed by atoms with van der Waals surface area (Å²) < 4.78 is 34.0. The second-order valence-corrected chi connectivity index (χ2v) is 12.3. The van der Waals surface area contributed by atoms with Crippen LogP contribution in [0.5, 0.6) is 23.0 Å². The van der Waals surface area contributed by atoms with Crippen LogP contribution in [0.25, 0.3) is 0 Å². The number of hydrogen-bond donors (Lipinski definition) is 7. The van der Waals surface area contributed by atoms with E-state index in [1.165, 1.54) is 23.2 Å². The van der Waals surface area contributed by atoms with Gasteiger partial charge in [-0.25, -0.2) is 18.4 Å². The van der Waals surface area contributed by atoms with Gasteiger partial charge in [0.1, 0.15) is 28.9 Å². The zero-order valence-corrected chi connectivity index (χ0v) is 27.8. The number of phenolic OH excluding ortho intramolecular Hbond substituents is 2. The van der Waals surface area contributed by atoms with Crippen LogP contribution >= 0.6 is 11.6 Å². The number of aromatic hydroxyl groups is 3. The maximum atomic E-state index is 14.6. The molecule has 274 valence electrons. The molecule has 0 radical (unpaired) electrons. The summed E-state index contributed by atoms with van der Waals surface area (Å²) in [6.45, 7) is 0.318. The van der Waals surface area contributed by atoms with Crippen LogP contribution in [0.15, 0.2) is 36.7 Å². The zero-order valence-electron chi connectivity index (χ0n) is 27.0. The van der Waals surface area contributed by atoms with Gasteiger partial charge in [-0.1, -0.05) is 17.7 Å². The number of carboxylic acids is 1. The molecule has 2 aliphatic rings. The molecule has 1 aromatic heterocycles. The number of piperazine rings is 1. The standard InChI is InChI=1S/C31H30BClF2N6O11/c1-39(13-14-8-16(42)12-36-11-14)4-5-40-6-7-41(29(47)28(40)46)31(50)38-23(17-10-19(35)24(43)25(44)22(17)33)27(45)37-20-9-15-2-3-18(34)21(30(48)49)26(15)52-32(20)51/h2-3,8,10-12,20,23,42-44,51H,4-7,9,13H2,1H3,(H,37,45)(H,38,50)(H,48,49)/t20-,23?/m0/s1. The van der Waals surface area contributed by atoms with E-state index in [0.717, 1.165) is 6.07 Å². The monoisotopic (exact) mass is 746 g/mol. The number of fused-ring (bicyclic) bond motifs is 1. The molecule has 1 saturated heterocycles. The number of hydrogen-bond acceptors (Lipinski definition) is 12. The van der Waals surface area contributed by atoms with E-state index >= 15 is 0 Å². The molecule has 0 spiro atoms. The molecule has 0 aliphatic carbocycles. The van der Waals surface area contributed by atoms with Gasteiger partial charge in [-0.3, -0.25) is 24.3 Å². The Labute approximate surface area is 298 Å². The van der Waals surface area contributed by atoms with Crippen LogP contribution in [-0.4, -0.2) is 121 Å². The number of amides is 5. The number of benzene rings is 2. The van der Waals surface area contributed by atoms with Gasteiger partial charge in [-0.15, -0.1) is 0 Å². The van der Waals surface area contributed by atoms with Gasteiger partial charge in [0.05, 0.1) is 17.2 Å². The van der Waals surface area contributed by atoms with Gasteiger partial charge in [0.25, 0.3) is 0 Å². The average Bonchev–Trinajstić information content (AvgIpc) is 3.08. The summed E-state index contributed by atoms with van der Waals surface area (Å²) in [5.74, 6) is -12.1. The molecule has 52 heavy (non-hydrogen) atoms. The third-order valence-electron chi connectivity index (χ3n) is 8.33. The fourth-order valence-electron chi connectivity index (χ4n) is 5.67. The Bertz CT molecular complexity index is 1960. The molecule has 0 saturated carbocycles. The van der Waals surface area contributed by atoms with Gasteiger partial charge in [0.2, 0.25) is 5.91 Å². The van der Waals surface area contributed by atoms with Crippen LogP contribution in [0.1, 0.15) is 33.1 Å². The minimum absolute atomic E-state index is 0.0179. The average molecular weight is 747 g/mol. The van der Waals surface area contributed by atoms with Gasteiger partial charge in [0, 0.05) is 44.5 Å². The Hall–Kier alpha value is -5.73. The first-order valence-electron chi connectivity index (χ1n) is 15.4. The smallest absolute Gasteiger partial charge is 0.534 e. The van der Waals surface area contributed by atoms with E-state index in [4.69, 9.17) is 16.3 Å². The SMILES string of the molecule is CN(CCN1CCN(C(=O)NC(C(=O)N[C@H]2Cc3ccc(F)c(C(=O)O)c3OB2O)c2cc(F)c(O)c(O)c2Cl)C(=O)C1=O)Cc1cncc(O)c1. The van der Waals surface area contributed by atoms with Crippen LogP contribution in [0, 0.1) is 11.6 Å².